The van der Waals surface area contributed by atoms with Crippen molar-refractivity contribution in [3.63, 3.8) is 0 Å². The first-order valence-corrected chi connectivity index (χ1v) is 4.53. The van der Waals surface area contributed by atoms with Gasteiger partial charge in [0.2, 0.25) is 0 Å². The highest BCUT2D eigenvalue weighted by Gasteiger charge is 2.24. The van der Waals surface area contributed by atoms with Crippen molar-refractivity contribution < 1.29 is 19.6 Å². The van der Waals surface area contributed by atoms with Gasteiger partial charge in [-0.2, -0.15) is 0 Å². The summed E-state index contributed by atoms with van der Waals surface area (Å²) < 4.78 is 4.50. The minimum absolute atomic E-state index is 0.182. The molecule has 86 valence electrons. The molecule has 1 unspecified atom stereocenters. The molecule has 6 heteroatoms. The first-order valence-electron chi connectivity index (χ1n) is 4.53. The molecule has 0 aliphatic carbocycles. The van der Waals surface area contributed by atoms with E-state index in [-0.39, 0.29) is 5.56 Å². The molecule has 0 bridgehead atoms. The normalized spacial score (nSPS) is 11.9. The molecule has 0 saturated heterocycles. The predicted octanol–water partition coefficient (Wildman–Crippen LogP) is 1.58. The second kappa shape index (κ2) is 4.61. The highest BCUT2D eigenvalue weighted by atomic mass is 16.6. The van der Waals surface area contributed by atoms with Crippen LogP contribution in [0.15, 0.2) is 18.2 Å². The molecule has 1 aromatic carbocycles. The Kier molecular flexibility index (Phi) is 3.44. The van der Waals surface area contributed by atoms with Gasteiger partial charge >= 0.3 is 11.7 Å². The summed E-state index contributed by atoms with van der Waals surface area (Å²) in [6.45, 7) is 1.50. The first-order chi connectivity index (χ1) is 7.49. The van der Waals surface area contributed by atoms with Crippen LogP contribution in [0, 0.1) is 10.1 Å². The minimum Gasteiger partial charge on any atom is -0.502 e. The Morgan fingerprint density at radius 2 is 2.19 bits per heavy atom. The third-order valence-corrected chi connectivity index (χ3v) is 2.26. The van der Waals surface area contributed by atoms with Crippen molar-refractivity contribution in [2.24, 2.45) is 0 Å². The summed E-state index contributed by atoms with van der Waals surface area (Å²) in [6.07, 6.45) is 0. The predicted molar refractivity (Wildman–Crippen MR) is 55.2 cm³/mol. The van der Waals surface area contributed by atoms with Crippen molar-refractivity contribution >= 4 is 11.7 Å². The number of aromatic hydroxyl groups is 1. The molecule has 16 heavy (non-hydrogen) atoms. The summed E-state index contributed by atoms with van der Waals surface area (Å²) in [5, 5.41) is 20.2. The molecule has 0 amide bonds. The van der Waals surface area contributed by atoms with Crippen molar-refractivity contribution in [1.29, 1.82) is 0 Å². The number of nitro benzene ring substituents is 1. The maximum atomic E-state index is 11.2. The van der Waals surface area contributed by atoms with Gasteiger partial charge in [-0.15, -0.1) is 0 Å². The van der Waals surface area contributed by atoms with Crippen LogP contribution in [0.25, 0.3) is 0 Å². The molecule has 1 N–H and O–H groups in total. The summed E-state index contributed by atoms with van der Waals surface area (Å²) in [7, 11) is 1.22. The number of benzene rings is 1. The number of para-hydroxylation sites is 1. The molecule has 0 fully saturated rings. The van der Waals surface area contributed by atoms with E-state index < -0.39 is 28.2 Å². The maximum absolute atomic E-state index is 11.2. The van der Waals surface area contributed by atoms with Crippen LogP contribution >= 0.6 is 0 Å². The van der Waals surface area contributed by atoms with Crippen molar-refractivity contribution in [2.45, 2.75) is 12.8 Å². The Balaban J connectivity index is 3.20. The fourth-order valence-corrected chi connectivity index (χ4v) is 1.35. The van der Waals surface area contributed by atoms with E-state index in [0.29, 0.717) is 0 Å². The number of phenolic OH excluding ortho intramolecular Hbond substituents is 1. The molecule has 0 heterocycles. The topological polar surface area (TPSA) is 89.7 Å². The molecule has 0 aromatic heterocycles. The highest BCUT2D eigenvalue weighted by molar-refractivity contribution is 5.79. The Morgan fingerprint density at radius 1 is 1.56 bits per heavy atom. The number of hydrogen-bond acceptors (Lipinski definition) is 5. The molecule has 1 atom stereocenters. The standard InChI is InChI=1S/C10H11NO5/c1-6(10(13)16-2)7-4-3-5-8(9(7)12)11(14)15/h3-6,12H,1-2H3. The number of carbonyl (C=O) groups excluding carboxylic acids is 1. The van der Waals surface area contributed by atoms with Crippen LogP contribution in [0.1, 0.15) is 18.4 Å². The number of rotatable bonds is 3. The van der Waals surface area contributed by atoms with Crippen LogP contribution in [0.2, 0.25) is 0 Å². The molecule has 0 aliphatic heterocycles. The number of methoxy groups -OCH3 is 1. The average molecular weight is 225 g/mol. The Hall–Kier alpha value is -2.11. The Bertz CT molecular complexity index is 429. The fourth-order valence-electron chi connectivity index (χ4n) is 1.35. The Morgan fingerprint density at radius 3 is 2.69 bits per heavy atom. The molecule has 0 spiro atoms. The summed E-state index contributed by atoms with van der Waals surface area (Å²) in [6, 6.07) is 4.03. The molecular weight excluding hydrogens is 214 g/mol. The van der Waals surface area contributed by atoms with Crippen LogP contribution in [0.3, 0.4) is 0 Å². The third-order valence-electron chi connectivity index (χ3n) is 2.26. The molecule has 1 rings (SSSR count). The van der Waals surface area contributed by atoms with Gasteiger partial charge in [0.15, 0.2) is 5.75 Å². The quantitative estimate of drug-likeness (QED) is 0.479. The maximum Gasteiger partial charge on any atom is 0.312 e. The Labute approximate surface area is 91.6 Å². The van der Waals surface area contributed by atoms with Gasteiger partial charge in [0.1, 0.15) is 0 Å². The number of ether oxygens (including phenoxy) is 1. The molecule has 0 radical (unpaired) electrons. The lowest BCUT2D eigenvalue weighted by Crippen LogP contribution is -2.11. The zero-order valence-electron chi connectivity index (χ0n) is 8.84. The second-order valence-electron chi connectivity index (χ2n) is 3.22. The number of phenols is 1. The number of hydrogen-bond donors (Lipinski definition) is 1. The number of esters is 1. The number of nitrogens with zero attached hydrogens (tertiary/aromatic N) is 1. The molecular formula is C10H11NO5. The molecule has 0 saturated carbocycles. The zero-order valence-corrected chi connectivity index (χ0v) is 8.84. The van der Waals surface area contributed by atoms with E-state index in [1.807, 2.05) is 0 Å². The molecule has 1 aromatic rings. The fraction of sp³-hybridized carbons (Fsp3) is 0.300. The van der Waals surface area contributed by atoms with Gasteiger partial charge in [-0.05, 0) is 6.92 Å². The van der Waals surface area contributed by atoms with Gasteiger partial charge < -0.3 is 9.84 Å². The molecule has 6 nitrogen and oxygen atoms in total. The summed E-state index contributed by atoms with van der Waals surface area (Å²) in [5.74, 6) is -1.80. The van der Waals surface area contributed by atoms with E-state index in [1.165, 1.54) is 32.2 Å². The van der Waals surface area contributed by atoms with Crippen LogP contribution in [-0.2, 0) is 9.53 Å². The van der Waals surface area contributed by atoms with Gasteiger partial charge in [0.25, 0.3) is 0 Å². The van der Waals surface area contributed by atoms with Gasteiger partial charge in [-0.1, -0.05) is 12.1 Å². The van der Waals surface area contributed by atoms with E-state index in [0.717, 1.165) is 0 Å². The SMILES string of the molecule is COC(=O)C(C)c1cccc([N+](=O)[O-])c1O. The van der Waals surface area contributed by atoms with E-state index >= 15 is 0 Å². The van der Waals surface area contributed by atoms with E-state index in [1.54, 1.807) is 0 Å². The number of carbonyl (C=O) groups is 1. The lowest BCUT2D eigenvalue weighted by Gasteiger charge is -2.10. The summed E-state index contributed by atoms with van der Waals surface area (Å²) in [5.41, 5.74) is -0.241. The van der Waals surface area contributed by atoms with E-state index in [4.69, 9.17) is 0 Å². The zero-order chi connectivity index (χ0) is 12.3. The smallest absolute Gasteiger partial charge is 0.312 e. The van der Waals surface area contributed by atoms with E-state index in [9.17, 15) is 20.0 Å². The lowest BCUT2D eigenvalue weighted by molar-refractivity contribution is -0.385. The number of nitro groups is 1. The summed E-state index contributed by atoms with van der Waals surface area (Å²) >= 11 is 0. The largest absolute Gasteiger partial charge is 0.502 e. The van der Waals surface area contributed by atoms with Gasteiger partial charge in [0, 0.05) is 11.6 Å². The van der Waals surface area contributed by atoms with Crippen LogP contribution in [-0.4, -0.2) is 23.1 Å². The van der Waals surface area contributed by atoms with Crippen LogP contribution < -0.4 is 0 Å². The first kappa shape index (κ1) is 12.0. The van der Waals surface area contributed by atoms with Gasteiger partial charge in [-0.3, -0.25) is 14.9 Å². The van der Waals surface area contributed by atoms with Crippen molar-refractivity contribution in [2.75, 3.05) is 7.11 Å². The molecule has 0 aliphatic rings. The third kappa shape index (κ3) is 2.10. The van der Waals surface area contributed by atoms with Crippen molar-refractivity contribution in [1.82, 2.24) is 0 Å². The van der Waals surface area contributed by atoms with Gasteiger partial charge in [0.05, 0.1) is 18.0 Å². The lowest BCUT2D eigenvalue weighted by atomic mass is 9.99. The monoisotopic (exact) mass is 225 g/mol. The van der Waals surface area contributed by atoms with Crippen LogP contribution in [0.4, 0.5) is 5.69 Å². The summed E-state index contributed by atoms with van der Waals surface area (Å²) in [4.78, 5) is 21.1. The van der Waals surface area contributed by atoms with Crippen LogP contribution in [0.5, 0.6) is 5.75 Å². The minimum atomic E-state index is -0.745. The van der Waals surface area contributed by atoms with Gasteiger partial charge in [-0.25, -0.2) is 0 Å². The van der Waals surface area contributed by atoms with Crippen molar-refractivity contribution in [3.8, 4) is 5.75 Å². The second-order valence-corrected chi connectivity index (χ2v) is 3.22. The van der Waals surface area contributed by atoms with Crippen molar-refractivity contribution in [3.05, 3.63) is 33.9 Å². The van der Waals surface area contributed by atoms with E-state index in [2.05, 4.69) is 4.74 Å². The highest BCUT2D eigenvalue weighted by Crippen LogP contribution is 2.34. The average Bonchev–Trinajstić information content (AvgIpc) is 2.27.